The van der Waals surface area contributed by atoms with Crippen LogP contribution in [0.1, 0.15) is 88.1 Å². The second-order valence-corrected chi connectivity index (χ2v) is 11.7. The van der Waals surface area contributed by atoms with E-state index in [1.165, 1.54) is 6.07 Å². The third kappa shape index (κ3) is 8.09. The maximum atomic E-state index is 13.5. The van der Waals surface area contributed by atoms with Crippen LogP contribution in [0.15, 0.2) is 48.5 Å². The van der Waals surface area contributed by atoms with Crippen LogP contribution in [-0.4, -0.2) is 35.9 Å². The van der Waals surface area contributed by atoms with Gasteiger partial charge in [-0.25, -0.2) is 0 Å². The van der Waals surface area contributed by atoms with Crippen molar-refractivity contribution in [1.82, 2.24) is 5.32 Å². The number of alkyl halides is 3. The van der Waals surface area contributed by atoms with Gasteiger partial charge in [0.25, 0.3) is 5.91 Å². The number of benzene rings is 2. The lowest BCUT2D eigenvalue weighted by Gasteiger charge is -2.46. The number of ether oxygens (including phenoxy) is 2. The van der Waals surface area contributed by atoms with Gasteiger partial charge in [0.1, 0.15) is 5.60 Å². The summed E-state index contributed by atoms with van der Waals surface area (Å²) >= 11 is 0. The molecule has 222 valence electrons. The third-order valence-corrected chi connectivity index (χ3v) is 7.34. The highest BCUT2D eigenvalue weighted by molar-refractivity contribution is 6.36. The number of anilines is 1. The Bertz CT molecular complexity index is 1240. The van der Waals surface area contributed by atoms with E-state index in [-0.39, 0.29) is 49.8 Å². The molecule has 1 saturated heterocycles. The summed E-state index contributed by atoms with van der Waals surface area (Å²) in [6.07, 6.45) is -3.44. The van der Waals surface area contributed by atoms with Crippen LogP contribution in [0.5, 0.6) is 0 Å². The number of hydrogen-bond donors (Lipinski definition) is 2. The lowest BCUT2D eigenvalue weighted by molar-refractivity contribution is -0.155. The van der Waals surface area contributed by atoms with Gasteiger partial charge in [0, 0.05) is 36.6 Å². The Labute approximate surface area is 238 Å². The molecule has 1 amide bonds. The van der Waals surface area contributed by atoms with Crippen LogP contribution in [0, 0.1) is 5.92 Å². The highest BCUT2D eigenvalue weighted by Gasteiger charge is 2.43. The molecule has 1 fully saturated rings. The molecule has 0 bridgehead atoms. The number of esters is 1. The van der Waals surface area contributed by atoms with E-state index in [9.17, 15) is 27.6 Å². The molecule has 0 aliphatic carbocycles. The van der Waals surface area contributed by atoms with E-state index >= 15 is 0 Å². The summed E-state index contributed by atoms with van der Waals surface area (Å²) in [5.74, 6) is -1.80. The minimum Gasteiger partial charge on any atom is -0.460 e. The number of Topliss-reactive ketones (excluding diaryl/α,β-unsaturated/α-hetero) is 1. The van der Waals surface area contributed by atoms with Crippen molar-refractivity contribution in [3.63, 3.8) is 0 Å². The van der Waals surface area contributed by atoms with Gasteiger partial charge in [-0.2, -0.15) is 13.2 Å². The Morgan fingerprint density at radius 3 is 2.44 bits per heavy atom. The number of halogens is 3. The van der Waals surface area contributed by atoms with E-state index in [0.717, 1.165) is 17.7 Å². The first-order valence-electron chi connectivity index (χ1n) is 14.0. The van der Waals surface area contributed by atoms with Crippen molar-refractivity contribution in [2.75, 3.05) is 11.9 Å². The highest BCUT2D eigenvalue weighted by Crippen LogP contribution is 2.51. The molecule has 0 unspecified atom stereocenters. The molecule has 10 heteroatoms. The van der Waals surface area contributed by atoms with E-state index in [2.05, 4.69) is 10.6 Å². The fourth-order valence-corrected chi connectivity index (χ4v) is 5.47. The van der Waals surface area contributed by atoms with Crippen molar-refractivity contribution in [1.29, 1.82) is 0 Å². The van der Waals surface area contributed by atoms with E-state index in [1.54, 1.807) is 20.8 Å². The van der Waals surface area contributed by atoms with Gasteiger partial charge in [-0.15, -0.1) is 0 Å². The molecule has 0 saturated carbocycles. The monoisotopic (exact) mass is 574 g/mol. The van der Waals surface area contributed by atoms with Crippen molar-refractivity contribution < 1.29 is 37.0 Å². The topological polar surface area (TPSA) is 93.7 Å². The molecule has 2 aromatic carbocycles. The Morgan fingerprint density at radius 2 is 1.76 bits per heavy atom. The summed E-state index contributed by atoms with van der Waals surface area (Å²) in [5.41, 5.74) is 0.746. The van der Waals surface area contributed by atoms with E-state index in [1.807, 2.05) is 30.3 Å². The third-order valence-electron chi connectivity index (χ3n) is 7.34. The maximum absolute atomic E-state index is 13.5. The van der Waals surface area contributed by atoms with Crippen LogP contribution in [0.25, 0.3) is 0 Å². The molecule has 2 heterocycles. The molecule has 7 nitrogen and oxygen atoms in total. The zero-order chi connectivity index (χ0) is 29.8. The van der Waals surface area contributed by atoms with Crippen LogP contribution in [0.2, 0.25) is 0 Å². The average molecular weight is 575 g/mol. The summed E-state index contributed by atoms with van der Waals surface area (Å²) in [7, 11) is 0. The smallest absolute Gasteiger partial charge is 0.416 e. The van der Waals surface area contributed by atoms with E-state index < -0.39 is 35.1 Å². The van der Waals surface area contributed by atoms with Crippen LogP contribution in [0.3, 0.4) is 0 Å². The van der Waals surface area contributed by atoms with Gasteiger partial charge in [0.2, 0.25) is 5.78 Å². The second kappa shape index (κ2) is 12.6. The second-order valence-electron chi connectivity index (χ2n) is 11.7. The Balaban J connectivity index is 1.36. The number of hydrogen-bond acceptors (Lipinski definition) is 6. The number of fused-ring (bicyclic) bond motifs is 3. The van der Waals surface area contributed by atoms with Gasteiger partial charge >= 0.3 is 12.1 Å². The number of rotatable bonds is 9. The van der Waals surface area contributed by atoms with Crippen LogP contribution < -0.4 is 10.6 Å². The summed E-state index contributed by atoms with van der Waals surface area (Å²) in [6, 6.07) is 13.3. The standard InChI is InChI=1S/C31H37F3N2O5/c1-30(2,3)41-26(38)10-7-17-35-29(39)25(37)16-13-21-12-14-22-27(19-8-5-4-6-9-19)36-24-15-11-20(31(32,33)34)18-23(24)28(22)40-21/h4-6,8-9,11,15,18,21-22,27-28,36H,7,10,12-14,16-17H2,1-3H3,(H,35,39)/t21-,22+,27+,28+/m1/s1. The van der Waals surface area contributed by atoms with Gasteiger partial charge in [0.05, 0.1) is 23.8 Å². The Kier molecular flexibility index (Phi) is 9.41. The van der Waals surface area contributed by atoms with Crippen LogP contribution >= 0.6 is 0 Å². The molecule has 4 atom stereocenters. The lowest BCUT2D eigenvalue weighted by atomic mass is 9.76. The minimum absolute atomic E-state index is 0.0459. The first-order valence-corrected chi connectivity index (χ1v) is 14.0. The lowest BCUT2D eigenvalue weighted by Crippen LogP contribution is -2.39. The van der Waals surface area contributed by atoms with E-state index in [0.29, 0.717) is 30.5 Å². The molecule has 2 aliphatic heterocycles. The fourth-order valence-electron chi connectivity index (χ4n) is 5.47. The van der Waals surface area contributed by atoms with Gasteiger partial charge in [-0.3, -0.25) is 14.4 Å². The fraction of sp³-hybridized carbons (Fsp3) is 0.516. The van der Waals surface area contributed by atoms with Gasteiger partial charge in [-0.1, -0.05) is 30.3 Å². The molecule has 0 radical (unpaired) electrons. The zero-order valence-electron chi connectivity index (χ0n) is 23.6. The summed E-state index contributed by atoms with van der Waals surface area (Å²) in [5, 5.41) is 5.97. The van der Waals surface area contributed by atoms with Crippen molar-refractivity contribution in [3.05, 3.63) is 65.2 Å². The predicted molar refractivity (Wildman–Crippen MR) is 147 cm³/mol. The molecule has 4 rings (SSSR count). The summed E-state index contributed by atoms with van der Waals surface area (Å²) in [4.78, 5) is 36.5. The highest BCUT2D eigenvalue weighted by atomic mass is 19.4. The zero-order valence-corrected chi connectivity index (χ0v) is 23.6. The van der Waals surface area contributed by atoms with Gasteiger partial charge in [-0.05, 0) is 70.2 Å². The van der Waals surface area contributed by atoms with E-state index in [4.69, 9.17) is 9.47 Å². The molecule has 41 heavy (non-hydrogen) atoms. The molecular weight excluding hydrogens is 537 g/mol. The Morgan fingerprint density at radius 1 is 1.02 bits per heavy atom. The number of ketones is 1. The molecule has 2 N–H and O–H groups in total. The van der Waals surface area contributed by atoms with Crippen LogP contribution in [0.4, 0.5) is 18.9 Å². The molecule has 0 spiro atoms. The van der Waals surface area contributed by atoms with Crippen LogP contribution in [-0.2, 0) is 30.0 Å². The van der Waals surface area contributed by atoms with Crippen molar-refractivity contribution in [2.45, 2.75) is 89.3 Å². The number of nitrogens with one attached hydrogen (secondary N) is 2. The SMILES string of the molecule is CC(C)(C)OC(=O)CCCNC(=O)C(=O)CC[C@H]1CC[C@@H]2[C@H](O1)c1cc(C(F)(F)F)ccc1N[C@H]2c1ccccc1. The maximum Gasteiger partial charge on any atom is 0.416 e. The molecular formula is C31H37F3N2O5. The minimum atomic E-state index is -4.48. The van der Waals surface area contributed by atoms with Crippen molar-refractivity contribution in [2.24, 2.45) is 5.92 Å². The quantitative estimate of drug-likeness (QED) is 0.208. The van der Waals surface area contributed by atoms with Crippen molar-refractivity contribution in [3.8, 4) is 0 Å². The normalized spacial score (nSPS) is 22.1. The number of carbonyl (C=O) groups excluding carboxylic acids is 3. The largest absolute Gasteiger partial charge is 0.460 e. The van der Waals surface area contributed by atoms with Gasteiger partial charge in [0.15, 0.2) is 0 Å². The molecule has 2 aliphatic rings. The average Bonchev–Trinajstić information content (AvgIpc) is 2.92. The Hall–Kier alpha value is -3.40. The van der Waals surface area contributed by atoms with Crippen molar-refractivity contribution >= 4 is 23.3 Å². The number of carbonyl (C=O) groups is 3. The summed E-state index contributed by atoms with van der Waals surface area (Å²) in [6.45, 7) is 5.48. The first kappa shape index (κ1) is 30.6. The number of amides is 1. The first-order chi connectivity index (χ1) is 19.3. The summed E-state index contributed by atoms with van der Waals surface area (Å²) < 4.78 is 52.2. The van der Waals surface area contributed by atoms with Gasteiger partial charge < -0.3 is 20.1 Å². The molecule has 0 aromatic heterocycles. The predicted octanol–water partition coefficient (Wildman–Crippen LogP) is 6.30. The molecule has 2 aromatic rings.